The average Bonchev–Trinajstić information content (AvgIpc) is 2.70. The van der Waals surface area contributed by atoms with E-state index < -0.39 is 0 Å². The summed E-state index contributed by atoms with van der Waals surface area (Å²) in [7, 11) is 0. The van der Waals surface area contributed by atoms with E-state index in [0.717, 1.165) is 32.2 Å². The minimum atomic E-state index is 0.290. The van der Waals surface area contributed by atoms with Crippen LogP contribution in [-0.4, -0.2) is 42.9 Å². The number of carbonyl (C=O) groups is 1. The van der Waals surface area contributed by atoms with Gasteiger partial charge >= 0.3 is 0 Å². The van der Waals surface area contributed by atoms with E-state index in [1.807, 2.05) is 0 Å². The summed E-state index contributed by atoms with van der Waals surface area (Å²) in [6.07, 6.45) is 5.51. The minimum absolute atomic E-state index is 0.290. The largest absolute Gasteiger partial charge is 0.315 e. The van der Waals surface area contributed by atoms with E-state index in [4.69, 9.17) is 0 Å². The first-order valence-corrected chi connectivity index (χ1v) is 6.33. The number of hydrogen-bond donors (Lipinski definition) is 1. The molecule has 3 aliphatic rings. The standard InChI is InChI=1S/C12H20N2O/c15-12-9-5-13-6-10(12)8-14(7-9)11-3-1-2-4-11/h9-11,13H,1-8H2. The zero-order valence-corrected chi connectivity index (χ0v) is 9.24. The molecular formula is C12H20N2O. The van der Waals surface area contributed by atoms with Gasteiger partial charge in [0.25, 0.3) is 0 Å². The van der Waals surface area contributed by atoms with Crippen molar-refractivity contribution in [2.24, 2.45) is 11.8 Å². The summed E-state index contributed by atoms with van der Waals surface area (Å²) in [5.41, 5.74) is 0. The molecule has 1 saturated carbocycles. The Hall–Kier alpha value is -0.410. The molecule has 3 rings (SSSR count). The Bertz CT molecular complexity index is 244. The Labute approximate surface area is 91.2 Å². The maximum absolute atomic E-state index is 11.9. The van der Waals surface area contributed by atoms with Crippen LogP contribution < -0.4 is 5.32 Å². The summed E-state index contributed by atoms with van der Waals surface area (Å²) in [6.45, 7) is 3.87. The van der Waals surface area contributed by atoms with Gasteiger partial charge < -0.3 is 5.32 Å². The Balaban J connectivity index is 1.70. The average molecular weight is 208 g/mol. The van der Waals surface area contributed by atoms with Gasteiger partial charge in [-0.3, -0.25) is 9.69 Å². The zero-order valence-electron chi connectivity index (χ0n) is 9.24. The number of fused-ring (bicyclic) bond motifs is 2. The Morgan fingerprint density at radius 3 is 2.27 bits per heavy atom. The van der Waals surface area contributed by atoms with Gasteiger partial charge in [-0.2, -0.15) is 0 Å². The highest BCUT2D eigenvalue weighted by atomic mass is 16.1. The highest BCUT2D eigenvalue weighted by Gasteiger charge is 2.40. The molecule has 2 bridgehead atoms. The molecule has 2 atom stereocenters. The predicted octanol–water partition coefficient (Wildman–Crippen LogP) is 0.649. The van der Waals surface area contributed by atoms with Gasteiger partial charge in [-0.05, 0) is 12.8 Å². The quantitative estimate of drug-likeness (QED) is 0.686. The topological polar surface area (TPSA) is 32.3 Å². The van der Waals surface area contributed by atoms with Crippen molar-refractivity contribution in [2.45, 2.75) is 31.7 Å². The monoisotopic (exact) mass is 208 g/mol. The molecule has 0 spiro atoms. The summed E-state index contributed by atoms with van der Waals surface area (Å²) in [5.74, 6) is 1.11. The second-order valence-electron chi connectivity index (χ2n) is 5.35. The Morgan fingerprint density at radius 1 is 1.07 bits per heavy atom. The molecule has 3 heteroatoms. The lowest BCUT2D eigenvalue weighted by atomic mass is 9.83. The van der Waals surface area contributed by atoms with Crippen LogP contribution in [0.1, 0.15) is 25.7 Å². The summed E-state index contributed by atoms with van der Waals surface area (Å²) in [6, 6.07) is 0.793. The molecule has 1 N–H and O–H groups in total. The fourth-order valence-corrected chi connectivity index (χ4v) is 3.48. The third-order valence-corrected chi connectivity index (χ3v) is 4.34. The number of likely N-dealkylation sites (tertiary alicyclic amines) is 1. The molecule has 15 heavy (non-hydrogen) atoms. The lowest BCUT2D eigenvalue weighted by Crippen LogP contribution is -2.58. The van der Waals surface area contributed by atoms with Gasteiger partial charge in [-0.25, -0.2) is 0 Å². The van der Waals surface area contributed by atoms with Crippen LogP contribution in [-0.2, 0) is 4.79 Å². The van der Waals surface area contributed by atoms with E-state index in [1.165, 1.54) is 25.7 Å². The summed E-state index contributed by atoms with van der Waals surface area (Å²) >= 11 is 0. The van der Waals surface area contributed by atoms with Gasteiger partial charge in [0.05, 0.1) is 0 Å². The van der Waals surface area contributed by atoms with Gasteiger partial charge in [0.15, 0.2) is 0 Å². The molecule has 2 heterocycles. The van der Waals surface area contributed by atoms with Gasteiger partial charge in [0, 0.05) is 44.1 Å². The molecule has 84 valence electrons. The number of nitrogens with one attached hydrogen (secondary N) is 1. The lowest BCUT2D eigenvalue weighted by Gasteiger charge is -2.43. The fourth-order valence-electron chi connectivity index (χ4n) is 3.48. The molecule has 3 fully saturated rings. The predicted molar refractivity (Wildman–Crippen MR) is 58.7 cm³/mol. The maximum Gasteiger partial charge on any atom is 0.144 e. The van der Waals surface area contributed by atoms with E-state index in [2.05, 4.69) is 10.2 Å². The molecule has 2 saturated heterocycles. The van der Waals surface area contributed by atoms with Crippen molar-refractivity contribution in [3.8, 4) is 0 Å². The molecular weight excluding hydrogens is 188 g/mol. The second kappa shape index (κ2) is 3.87. The van der Waals surface area contributed by atoms with Crippen LogP contribution in [0.5, 0.6) is 0 Å². The maximum atomic E-state index is 11.9. The van der Waals surface area contributed by atoms with E-state index in [0.29, 0.717) is 5.78 Å². The highest BCUT2D eigenvalue weighted by Crippen LogP contribution is 2.29. The van der Waals surface area contributed by atoms with Crippen molar-refractivity contribution in [2.75, 3.05) is 26.2 Å². The number of ketones is 1. The van der Waals surface area contributed by atoms with Crippen LogP contribution in [0.4, 0.5) is 0 Å². The van der Waals surface area contributed by atoms with E-state index >= 15 is 0 Å². The van der Waals surface area contributed by atoms with Crippen LogP contribution in [0.15, 0.2) is 0 Å². The first-order chi connectivity index (χ1) is 7.34. The zero-order chi connectivity index (χ0) is 10.3. The number of rotatable bonds is 1. The molecule has 3 nitrogen and oxygen atoms in total. The molecule has 0 amide bonds. The van der Waals surface area contributed by atoms with Crippen molar-refractivity contribution in [3.63, 3.8) is 0 Å². The summed E-state index contributed by atoms with van der Waals surface area (Å²) in [4.78, 5) is 14.5. The van der Waals surface area contributed by atoms with E-state index in [9.17, 15) is 4.79 Å². The van der Waals surface area contributed by atoms with Crippen molar-refractivity contribution < 1.29 is 4.79 Å². The number of piperidine rings is 2. The van der Waals surface area contributed by atoms with Gasteiger partial charge in [0.1, 0.15) is 5.78 Å². The molecule has 2 unspecified atom stereocenters. The number of nitrogens with zero attached hydrogens (tertiary/aromatic N) is 1. The molecule has 1 aliphatic carbocycles. The number of hydrogen-bond acceptors (Lipinski definition) is 3. The van der Waals surface area contributed by atoms with Gasteiger partial charge in [-0.15, -0.1) is 0 Å². The SMILES string of the molecule is O=C1C2CNCC1CN(C1CCCC1)C2. The Morgan fingerprint density at radius 2 is 1.67 bits per heavy atom. The lowest BCUT2D eigenvalue weighted by molar-refractivity contribution is -0.134. The van der Waals surface area contributed by atoms with E-state index in [1.54, 1.807) is 0 Å². The first kappa shape index (κ1) is 9.79. The normalized spacial score (nSPS) is 38.5. The third-order valence-electron chi connectivity index (χ3n) is 4.34. The molecule has 0 radical (unpaired) electrons. The molecule has 2 aliphatic heterocycles. The summed E-state index contributed by atoms with van der Waals surface area (Å²) < 4.78 is 0. The third kappa shape index (κ3) is 1.72. The van der Waals surface area contributed by atoms with Crippen LogP contribution in [0.2, 0.25) is 0 Å². The number of Topliss-reactive ketones (excluding diaryl/α,β-unsaturated/α-hetero) is 1. The van der Waals surface area contributed by atoms with Crippen molar-refractivity contribution in [3.05, 3.63) is 0 Å². The van der Waals surface area contributed by atoms with Crippen molar-refractivity contribution in [1.82, 2.24) is 10.2 Å². The molecule has 0 aromatic heterocycles. The summed E-state index contributed by atoms with van der Waals surface area (Å²) in [5, 5.41) is 3.38. The Kier molecular flexibility index (Phi) is 2.53. The molecule has 0 aromatic rings. The van der Waals surface area contributed by atoms with Crippen molar-refractivity contribution >= 4 is 5.78 Å². The minimum Gasteiger partial charge on any atom is -0.315 e. The van der Waals surface area contributed by atoms with Crippen LogP contribution in [0.3, 0.4) is 0 Å². The highest BCUT2D eigenvalue weighted by molar-refractivity contribution is 5.85. The van der Waals surface area contributed by atoms with Crippen LogP contribution in [0, 0.1) is 11.8 Å². The fraction of sp³-hybridized carbons (Fsp3) is 0.917. The first-order valence-electron chi connectivity index (χ1n) is 6.33. The van der Waals surface area contributed by atoms with Crippen LogP contribution >= 0.6 is 0 Å². The van der Waals surface area contributed by atoms with Crippen molar-refractivity contribution in [1.29, 1.82) is 0 Å². The smallest absolute Gasteiger partial charge is 0.144 e. The van der Waals surface area contributed by atoms with E-state index in [-0.39, 0.29) is 11.8 Å². The number of carbonyl (C=O) groups excluding carboxylic acids is 1. The van der Waals surface area contributed by atoms with Crippen LogP contribution in [0.25, 0.3) is 0 Å². The van der Waals surface area contributed by atoms with Gasteiger partial charge in [-0.1, -0.05) is 12.8 Å². The molecule has 0 aromatic carbocycles. The second-order valence-corrected chi connectivity index (χ2v) is 5.35. The van der Waals surface area contributed by atoms with Gasteiger partial charge in [0.2, 0.25) is 0 Å².